The number of aryl methyl sites for hydroxylation is 2. The molecule has 4 aromatic rings. The Morgan fingerprint density at radius 2 is 0.967 bits per heavy atom. The maximum absolute atomic E-state index is 12.1. The van der Waals surface area contributed by atoms with Crippen LogP contribution in [0.5, 0.6) is 0 Å². The minimum Gasteiger partial charge on any atom is -0.372 e. The maximum Gasteiger partial charge on any atom is 0.422 e. The molecule has 0 bridgehead atoms. The van der Waals surface area contributed by atoms with Crippen molar-refractivity contribution in [2.45, 2.75) is 38.8 Å². The van der Waals surface area contributed by atoms with E-state index in [0.29, 0.717) is 34.9 Å². The van der Waals surface area contributed by atoms with Gasteiger partial charge in [-0.25, -0.2) is 19.2 Å². The van der Waals surface area contributed by atoms with Crippen molar-refractivity contribution >= 4 is 21.8 Å². The molecular formula is C22H20N2O6. The Balaban J connectivity index is 1.39. The third-order valence-corrected chi connectivity index (χ3v) is 5.14. The van der Waals surface area contributed by atoms with Crippen molar-refractivity contribution in [1.82, 2.24) is 9.13 Å². The van der Waals surface area contributed by atoms with E-state index in [2.05, 4.69) is 0 Å². The Morgan fingerprint density at radius 3 is 1.40 bits per heavy atom. The zero-order valence-corrected chi connectivity index (χ0v) is 16.2. The number of unbranched alkanes of at least 4 members (excludes halogenated alkanes) is 3. The van der Waals surface area contributed by atoms with E-state index < -0.39 is 22.8 Å². The summed E-state index contributed by atoms with van der Waals surface area (Å²) in [6, 6.07) is 13.7. The Hall–Kier alpha value is -3.68. The number of rotatable bonds is 7. The third-order valence-electron chi connectivity index (χ3n) is 5.14. The van der Waals surface area contributed by atoms with Crippen LogP contribution in [0.1, 0.15) is 25.7 Å². The first kappa shape index (κ1) is 19.6. The van der Waals surface area contributed by atoms with Crippen LogP contribution in [0.4, 0.5) is 0 Å². The number of benzene rings is 2. The summed E-state index contributed by atoms with van der Waals surface area (Å²) < 4.78 is 12.5. The van der Waals surface area contributed by atoms with Crippen molar-refractivity contribution < 1.29 is 8.83 Å². The van der Waals surface area contributed by atoms with Gasteiger partial charge in [0.15, 0.2) is 0 Å². The average molecular weight is 408 g/mol. The van der Waals surface area contributed by atoms with Gasteiger partial charge in [-0.3, -0.25) is 9.13 Å². The highest BCUT2D eigenvalue weighted by Crippen LogP contribution is 2.11. The Bertz CT molecular complexity index is 1330. The summed E-state index contributed by atoms with van der Waals surface area (Å²) in [7, 11) is 0. The Labute approximate surface area is 169 Å². The Morgan fingerprint density at radius 1 is 0.567 bits per heavy atom. The molecule has 30 heavy (non-hydrogen) atoms. The van der Waals surface area contributed by atoms with E-state index in [4.69, 9.17) is 8.83 Å². The highest BCUT2D eigenvalue weighted by Gasteiger charge is 2.10. The summed E-state index contributed by atoms with van der Waals surface area (Å²) in [5.41, 5.74) is -0.120. The van der Waals surface area contributed by atoms with E-state index in [1.54, 1.807) is 48.5 Å². The molecule has 0 saturated carbocycles. The molecule has 0 aliphatic heterocycles. The predicted molar refractivity (Wildman–Crippen MR) is 112 cm³/mol. The number of fused-ring (bicyclic) bond motifs is 2. The molecule has 0 amide bonds. The van der Waals surface area contributed by atoms with Crippen LogP contribution >= 0.6 is 0 Å². The first-order valence-corrected chi connectivity index (χ1v) is 9.81. The number of para-hydroxylation sites is 2. The fourth-order valence-corrected chi connectivity index (χ4v) is 3.66. The van der Waals surface area contributed by atoms with Gasteiger partial charge in [0.1, 0.15) is 0 Å². The minimum absolute atomic E-state index is 0.383. The van der Waals surface area contributed by atoms with E-state index in [0.717, 1.165) is 25.7 Å². The highest BCUT2D eigenvalue weighted by molar-refractivity contribution is 5.77. The lowest BCUT2D eigenvalue weighted by atomic mass is 10.1. The summed E-state index contributed by atoms with van der Waals surface area (Å²) >= 11 is 0. The van der Waals surface area contributed by atoms with Gasteiger partial charge in [-0.2, -0.15) is 0 Å². The molecule has 0 spiro atoms. The van der Waals surface area contributed by atoms with E-state index >= 15 is 0 Å². The van der Waals surface area contributed by atoms with Crippen LogP contribution in [-0.4, -0.2) is 9.13 Å². The standard InChI is InChI=1S/C22H20N2O6/c25-19-15-9-3-5-11-17(15)23(21(27)29-19)13-7-1-2-8-14-24-18-12-6-4-10-16(18)20(26)30-22(24)28/h3-6,9-12H,1-2,7-8,13-14H2. The minimum atomic E-state index is -0.656. The van der Waals surface area contributed by atoms with Gasteiger partial charge in [0.05, 0.1) is 21.8 Å². The lowest BCUT2D eigenvalue weighted by molar-refractivity contribution is 0.400. The molecular weight excluding hydrogens is 388 g/mol. The number of hydrogen-bond acceptors (Lipinski definition) is 6. The molecule has 0 aliphatic rings. The Kier molecular flexibility index (Phi) is 5.47. The molecule has 0 radical (unpaired) electrons. The second-order valence-corrected chi connectivity index (χ2v) is 7.06. The van der Waals surface area contributed by atoms with Crippen molar-refractivity contribution in [3.05, 3.63) is 90.5 Å². The summed E-state index contributed by atoms with van der Waals surface area (Å²) in [6.07, 6.45) is 3.08. The first-order valence-electron chi connectivity index (χ1n) is 9.81. The molecule has 0 fully saturated rings. The third kappa shape index (κ3) is 3.76. The second-order valence-electron chi connectivity index (χ2n) is 7.06. The van der Waals surface area contributed by atoms with E-state index in [1.807, 2.05) is 0 Å². The van der Waals surface area contributed by atoms with Crippen LogP contribution in [0.2, 0.25) is 0 Å². The molecule has 0 saturated heterocycles. The topological polar surface area (TPSA) is 104 Å². The predicted octanol–water partition coefficient (Wildman–Crippen LogP) is 2.48. The molecule has 2 heterocycles. The van der Waals surface area contributed by atoms with Crippen LogP contribution in [0, 0.1) is 0 Å². The number of hydrogen-bond donors (Lipinski definition) is 0. The normalized spacial score (nSPS) is 11.3. The van der Waals surface area contributed by atoms with Gasteiger partial charge in [-0.1, -0.05) is 37.1 Å². The zero-order valence-electron chi connectivity index (χ0n) is 16.2. The van der Waals surface area contributed by atoms with Crippen molar-refractivity contribution in [3.63, 3.8) is 0 Å². The van der Waals surface area contributed by atoms with Crippen molar-refractivity contribution in [3.8, 4) is 0 Å². The molecule has 0 N–H and O–H groups in total. The van der Waals surface area contributed by atoms with Crippen molar-refractivity contribution in [2.75, 3.05) is 0 Å². The second kappa shape index (κ2) is 8.36. The molecule has 8 heteroatoms. The van der Waals surface area contributed by atoms with E-state index in [1.165, 1.54) is 9.13 Å². The van der Waals surface area contributed by atoms with E-state index in [-0.39, 0.29) is 0 Å². The summed E-state index contributed by atoms with van der Waals surface area (Å²) in [4.78, 5) is 47.8. The van der Waals surface area contributed by atoms with Crippen LogP contribution < -0.4 is 22.8 Å². The van der Waals surface area contributed by atoms with Crippen molar-refractivity contribution in [2.24, 2.45) is 0 Å². The quantitative estimate of drug-likeness (QED) is 0.435. The molecule has 0 aliphatic carbocycles. The van der Waals surface area contributed by atoms with Crippen LogP contribution in [0.15, 0.2) is 76.5 Å². The smallest absolute Gasteiger partial charge is 0.372 e. The zero-order chi connectivity index (χ0) is 21.1. The van der Waals surface area contributed by atoms with Crippen LogP contribution in [0.3, 0.4) is 0 Å². The molecule has 2 aromatic carbocycles. The molecule has 0 atom stereocenters. The van der Waals surface area contributed by atoms with Crippen LogP contribution in [-0.2, 0) is 13.1 Å². The SMILES string of the molecule is O=c1oc(=O)n(CCCCCCn2c(=O)oc(=O)c3ccccc32)c2ccccc12. The lowest BCUT2D eigenvalue weighted by Crippen LogP contribution is -2.25. The molecule has 2 aromatic heterocycles. The van der Waals surface area contributed by atoms with Crippen molar-refractivity contribution in [1.29, 1.82) is 0 Å². The van der Waals surface area contributed by atoms with Gasteiger partial charge in [-0.05, 0) is 37.1 Å². The van der Waals surface area contributed by atoms with E-state index in [9.17, 15) is 19.2 Å². The molecule has 0 unspecified atom stereocenters. The summed E-state index contributed by atoms with van der Waals surface area (Å²) in [5, 5.41) is 0.767. The fourth-order valence-electron chi connectivity index (χ4n) is 3.66. The van der Waals surface area contributed by atoms with Gasteiger partial charge in [-0.15, -0.1) is 0 Å². The van der Waals surface area contributed by atoms with Gasteiger partial charge >= 0.3 is 22.8 Å². The number of nitrogens with zero attached hydrogens (tertiary/aromatic N) is 2. The first-order chi connectivity index (χ1) is 14.6. The van der Waals surface area contributed by atoms with Crippen LogP contribution in [0.25, 0.3) is 21.8 Å². The highest BCUT2D eigenvalue weighted by atomic mass is 16.4. The largest absolute Gasteiger partial charge is 0.422 e. The molecule has 4 rings (SSSR count). The summed E-state index contributed by atoms with van der Waals surface area (Å²) in [6.45, 7) is 0.873. The summed E-state index contributed by atoms with van der Waals surface area (Å²) in [5.74, 6) is -1.31. The van der Waals surface area contributed by atoms with Gasteiger partial charge in [0.2, 0.25) is 0 Å². The van der Waals surface area contributed by atoms with Gasteiger partial charge in [0.25, 0.3) is 0 Å². The lowest BCUT2D eigenvalue weighted by Gasteiger charge is -2.09. The van der Waals surface area contributed by atoms with Gasteiger partial charge in [0, 0.05) is 13.1 Å². The van der Waals surface area contributed by atoms with Gasteiger partial charge < -0.3 is 8.83 Å². The molecule has 8 nitrogen and oxygen atoms in total. The average Bonchev–Trinajstić information content (AvgIpc) is 2.74. The maximum atomic E-state index is 12.1. The number of aromatic nitrogens is 2. The molecule has 154 valence electrons. The fraction of sp³-hybridized carbons (Fsp3) is 0.273. The monoisotopic (exact) mass is 408 g/mol.